The van der Waals surface area contributed by atoms with Crippen LogP contribution in [0.25, 0.3) is 0 Å². The van der Waals surface area contributed by atoms with Crippen molar-refractivity contribution in [2.45, 2.75) is 24.0 Å². The summed E-state index contributed by atoms with van der Waals surface area (Å²) in [4.78, 5) is -0.321. The fraction of sp³-hybridized carbons (Fsp3) is 0.455. The zero-order chi connectivity index (χ0) is 16.4. The molecule has 0 aliphatic heterocycles. The summed E-state index contributed by atoms with van der Waals surface area (Å²) in [6, 6.07) is 2.43. The first-order chi connectivity index (χ1) is 9.50. The highest BCUT2D eigenvalue weighted by molar-refractivity contribution is 7.89. The lowest BCUT2D eigenvalue weighted by Gasteiger charge is -2.19. The number of nitrogens with zero attached hydrogens (tertiary/aromatic N) is 1. The zero-order valence-corrected chi connectivity index (χ0v) is 13.2. The van der Waals surface area contributed by atoms with Crippen molar-refractivity contribution in [3.8, 4) is 0 Å². The van der Waals surface area contributed by atoms with Crippen LogP contribution in [0.5, 0.6) is 0 Å². The van der Waals surface area contributed by atoms with E-state index in [-0.39, 0.29) is 27.0 Å². The molecule has 0 fully saturated rings. The lowest BCUT2D eigenvalue weighted by atomic mass is 10.2. The first kappa shape index (κ1) is 18.5. The molecular weight excluding hydrogens is 352 g/mol. The van der Waals surface area contributed by atoms with E-state index < -0.39 is 29.2 Å². The van der Waals surface area contributed by atoms with Crippen LogP contribution in [0.4, 0.5) is 13.2 Å². The molecule has 10 heteroatoms. The van der Waals surface area contributed by atoms with Gasteiger partial charge in [0.15, 0.2) is 0 Å². The molecule has 21 heavy (non-hydrogen) atoms. The van der Waals surface area contributed by atoms with Crippen LogP contribution in [0.15, 0.2) is 17.0 Å². The van der Waals surface area contributed by atoms with Gasteiger partial charge in [-0.05, 0) is 12.1 Å². The standard InChI is InChI=1S/C11H13Cl2F3N2O2S/c1-18(5-4-11(14,15)16)21(19,20)9-3-2-8(12)7(6-17)10(9)13/h2-3H,4-6,17H2,1H3. The van der Waals surface area contributed by atoms with Crippen molar-refractivity contribution in [2.24, 2.45) is 5.73 Å². The summed E-state index contributed by atoms with van der Waals surface area (Å²) in [6.07, 6.45) is -5.70. The molecule has 0 bridgehead atoms. The highest BCUT2D eigenvalue weighted by atomic mass is 35.5. The zero-order valence-electron chi connectivity index (χ0n) is 10.9. The van der Waals surface area contributed by atoms with E-state index >= 15 is 0 Å². The molecule has 1 aromatic carbocycles. The van der Waals surface area contributed by atoms with Gasteiger partial charge in [-0.3, -0.25) is 0 Å². The van der Waals surface area contributed by atoms with Gasteiger partial charge in [0.1, 0.15) is 4.90 Å². The molecule has 2 N–H and O–H groups in total. The number of hydrogen-bond acceptors (Lipinski definition) is 3. The van der Waals surface area contributed by atoms with Gasteiger partial charge in [0, 0.05) is 30.7 Å². The number of sulfonamides is 1. The molecule has 0 heterocycles. The molecule has 0 aliphatic rings. The molecule has 0 atom stereocenters. The second-order valence-corrected chi connectivity index (χ2v) is 7.03. The Morgan fingerprint density at radius 1 is 1.29 bits per heavy atom. The molecule has 4 nitrogen and oxygen atoms in total. The molecular formula is C11H13Cl2F3N2O2S. The Balaban J connectivity index is 3.14. The Morgan fingerprint density at radius 3 is 2.33 bits per heavy atom. The van der Waals surface area contributed by atoms with Crippen molar-refractivity contribution >= 4 is 33.2 Å². The quantitative estimate of drug-likeness (QED) is 0.873. The number of benzene rings is 1. The molecule has 1 aromatic rings. The van der Waals surface area contributed by atoms with Crippen LogP contribution in [-0.2, 0) is 16.6 Å². The van der Waals surface area contributed by atoms with Crippen LogP contribution in [0.1, 0.15) is 12.0 Å². The van der Waals surface area contributed by atoms with Gasteiger partial charge >= 0.3 is 6.18 Å². The maximum absolute atomic E-state index is 12.2. The van der Waals surface area contributed by atoms with E-state index in [4.69, 9.17) is 28.9 Å². The predicted molar refractivity (Wildman–Crippen MR) is 74.8 cm³/mol. The van der Waals surface area contributed by atoms with Crippen LogP contribution in [0.2, 0.25) is 10.0 Å². The molecule has 0 spiro atoms. The van der Waals surface area contributed by atoms with Crippen molar-refractivity contribution in [1.82, 2.24) is 4.31 Å². The summed E-state index contributed by atoms with van der Waals surface area (Å²) in [5, 5.41) is 0.0169. The van der Waals surface area contributed by atoms with Gasteiger partial charge in [-0.25, -0.2) is 12.7 Å². The maximum atomic E-state index is 12.2. The van der Waals surface area contributed by atoms with Crippen LogP contribution in [-0.4, -0.2) is 32.5 Å². The Hall–Kier alpha value is -0.540. The average molecular weight is 365 g/mol. The minimum atomic E-state index is -4.45. The second-order valence-electron chi connectivity index (χ2n) is 4.23. The first-order valence-corrected chi connectivity index (χ1v) is 7.90. The molecule has 0 amide bonds. The van der Waals surface area contributed by atoms with E-state index in [9.17, 15) is 21.6 Å². The van der Waals surface area contributed by atoms with Crippen LogP contribution >= 0.6 is 23.2 Å². The van der Waals surface area contributed by atoms with Crippen molar-refractivity contribution in [1.29, 1.82) is 0 Å². The summed E-state index contributed by atoms with van der Waals surface area (Å²) in [5.74, 6) is 0. The van der Waals surface area contributed by atoms with E-state index in [1.807, 2.05) is 0 Å². The van der Waals surface area contributed by atoms with Crippen molar-refractivity contribution in [3.05, 3.63) is 27.7 Å². The van der Waals surface area contributed by atoms with Crippen molar-refractivity contribution in [3.63, 3.8) is 0 Å². The monoisotopic (exact) mass is 364 g/mol. The lowest BCUT2D eigenvalue weighted by molar-refractivity contribution is -0.135. The number of nitrogens with two attached hydrogens (primary N) is 1. The highest BCUT2D eigenvalue weighted by Gasteiger charge is 2.31. The molecule has 0 saturated heterocycles. The van der Waals surface area contributed by atoms with Gasteiger partial charge in [-0.2, -0.15) is 13.2 Å². The number of rotatable bonds is 5. The summed E-state index contributed by atoms with van der Waals surface area (Å²) >= 11 is 11.8. The SMILES string of the molecule is CN(CCC(F)(F)F)S(=O)(=O)c1ccc(Cl)c(CN)c1Cl. The number of alkyl halides is 3. The maximum Gasteiger partial charge on any atom is 0.390 e. The lowest BCUT2D eigenvalue weighted by Crippen LogP contribution is -2.31. The van der Waals surface area contributed by atoms with Crippen LogP contribution < -0.4 is 5.73 Å². The Morgan fingerprint density at radius 2 is 1.86 bits per heavy atom. The fourth-order valence-corrected chi connectivity index (χ4v) is 3.61. The molecule has 0 unspecified atom stereocenters. The van der Waals surface area contributed by atoms with Gasteiger partial charge < -0.3 is 5.73 Å². The highest BCUT2D eigenvalue weighted by Crippen LogP contribution is 2.32. The average Bonchev–Trinajstić information content (AvgIpc) is 2.35. The third-order valence-electron chi connectivity index (χ3n) is 2.75. The summed E-state index contributed by atoms with van der Waals surface area (Å²) < 4.78 is 61.6. The fourth-order valence-electron chi connectivity index (χ4n) is 1.53. The topological polar surface area (TPSA) is 63.4 Å². The molecule has 0 aliphatic carbocycles. The van der Waals surface area contributed by atoms with Gasteiger partial charge in [0.2, 0.25) is 10.0 Å². The molecule has 120 valence electrons. The minimum absolute atomic E-state index is 0.0900. The third-order valence-corrected chi connectivity index (χ3v) is 5.55. The normalized spacial score (nSPS) is 13.0. The van der Waals surface area contributed by atoms with E-state index in [1.54, 1.807) is 0 Å². The first-order valence-electron chi connectivity index (χ1n) is 5.70. The van der Waals surface area contributed by atoms with Gasteiger partial charge in [-0.15, -0.1) is 0 Å². The number of halogens is 5. The van der Waals surface area contributed by atoms with E-state index in [1.165, 1.54) is 6.07 Å². The largest absolute Gasteiger partial charge is 0.390 e. The molecule has 0 aromatic heterocycles. The van der Waals surface area contributed by atoms with Crippen LogP contribution in [0, 0.1) is 0 Å². The summed E-state index contributed by atoms with van der Waals surface area (Å²) in [5.41, 5.74) is 5.66. The Kier molecular flexibility index (Phi) is 5.91. The smallest absolute Gasteiger partial charge is 0.326 e. The van der Waals surface area contributed by atoms with Crippen LogP contribution in [0.3, 0.4) is 0 Å². The van der Waals surface area contributed by atoms with Crippen molar-refractivity contribution < 1.29 is 21.6 Å². The molecule has 1 rings (SSSR count). The van der Waals surface area contributed by atoms with Crippen molar-refractivity contribution in [2.75, 3.05) is 13.6 Å². The molecule has 0 saturated carbocycles. The van der Waals surface area contributed by atoms with E-state index in [0.717, 1.165) is 13.1 Å². The van der Waals surface area contributed by atoms with Gasteiger partial charge in [0.05, 0.1) is 11.4 Å². The predicted octanol–water partition coefficient (Wildman–Crippen LogP) is 3.03. The van der Waals surface area contributed by atoms with E-state index in [2.05, 4.69) is 0 Å². The summed E-state index contributed by atoms with van der Waals surface area (Å²) in [6.45, 7) is -0.796. The Bertz CT molecular complexity index is 621. The third kappa shape index (κ3) is 4.46. The molecule has 0 radical (unpaired) electrons. The minimum Gasteiger partial charge on any atom is -0.326 e. The van der Waals surface area contributed by atoms with Gasteiger partial charge in [-0.1, -0.05) is 23.2 Å². The number of hydrogen-bond donors (Lipinski definition) is 1. The Labute approximate surface area is 130 Å². The summed E-state index contributed by atoms with van der Waals surface area (Å²) in [7, 11) is -3.10. The van der Waals surface area contributed by atoms with E-state index in [0.29, 0.717) is 4.31 Å². The second kappa shape index (κ2) is 6.70. The van der Waals surface area contributed by atoms with Gasteiger partial charge in [0.25, 0.3) is 0 Å².